The normalized spacial score (nSPS) is 23.5. The van der Waals surface area contributed by atoms with Crippen molar-refractivity contribution in [1.82, 2.24) is 20.2 Å². The summed E-state index contributed by atoms with van der Waals surface area (Å²) in [5.74, 6) is 0.262. The molecule has 3 rings (SSSR count). The van der Waals surface area contributed by atoms with Gasteiger partial charge in [0.15, 0.2) is 0 Å². The van der Waals surface area contributed by atoms with Crippen LogP contribution in [-0.2, 0) is 0 Å². The van der Waals surface area contributed by atoms with E-state index in [4.69, 9.17) is 0 Å². The summed E-state index contributed by atoms with van der Waals surface area (Å²) in [4.78, 5) is 31.9. The van der Waals surface area contributed by atoms with Crippen LogP contribution in [0.1, 0.15) is 42.6 Å². The van der Waals surface area contributed by atoms with Crippen LogP contribution in [0, 0.1) is 5.92 Å². The van der Waals surface area contributed by atoms with E-state index in [9.17, 15) is 9.59 Å². The third-order valence-electron chi connectivity index (χ3n) is 4.61. The standard InChI is InChI=1S/C15H22N4O2/c20-14-9-16-8-13(18-14)15(21)17-7-11-5-6-19(10-11)12-3-1-2-4-12/h8-9,11-12H,1-7,10H2,(H,17,21)(H,18,20)/t11-/m0/s1. The van der Waals surface area contributed by atoms with Crippen molar-refractivity contribution in [2.75, 3.05) is 19.6 Å². The van der Waals surface area contributed by atoms with Crippen molar-refractivity contribution in [3.8, 4) is 0 Å². The van der Waals surface area contributed by atoms with Crippen molar-refractivity contribution >= 4 is 5.91 Å². The molecule has 1 saturated carbocycles. The van der Waals surface area contributed by atoms with Gasteiger partial charge in [0.2, 0.25) is 0 Å². The number of nitrogens with zero attached hydrogens (tertiary/aromatic N) is 2. The lowest BCUT2D eigenvalue weighted by molar-refractivity contribution is 0.0941. The van der Waals surface area contributed by atoms with E-state index in [1.807, 2.05) is 0 Å². The zero-order valence-electron chi connectivity index (χ0n) is 12.2. The van der Waals surface area contributed by atoms with Gasteiger partial charge in [0.05, 0.1) is 12.4 Å². The topological polar surface area (TPSA) is 78.1 Å². The third-order valence-corrected chi connectivity index (χ3v) is 4.61. The molecule has 2 heterocycles. The van der Waals surface area contributed by atoms with Gasteiger partial charge in [0.25, 0.3) is 11.5 Å². The third kappa shape index (κ3) is 3.50. The molecule has 1 aromatic rings. The number of nitrogens with one attached hydrogen (secondary N) is 2. The van der Waals surface area contributed by atoms with Gasteiger partial charge in [-0.1, -0.05) is 12.8 Å². The summed E-state index contributed by atoms with van der Waals surface area (Å²) in [5.41, 5.74) is -0.121. The van der Waals surface area contributed by atoms with Gasteiger partial charge in [-0.3, -0.25) is 14.6 Å². The molecule has 1 aliphatic carbocycles. The number of rotatable bonds is 4. The highest BCUT2D eigenvalue weighted by atomic mass is 16.2. The second kappa shape index (κ2) is 6.39. The molecule has 2 N–H and O–H groups in total. The molecule has 0 radical (unpaired) electrons. The predicted molar refractivity (Wildman–Crippen MR) is 79.1 cm³/mol. The number of hydrogen-bond donors (Lipinski definition) is 2. The van der Waals surface area contributed by atoms with Gasteiger partial charge in [0, 0.05) is 19.1 Å². The van der Waals surface area contributed by atoms with E-state index in [0.29, 0.717) is 12.5 Å². The minimum absolute atomic E-state index is 0.230. The first-order valence-electron chi connectivity index (χ1n) is 7.79. The predicted octanol–water partition coefficient (Wildman–Crippen LogP) is 0.764. The van der Waals surface area contributed by atoms with E-state index < -0.39 is 0 Å². The molecule has 6 nitrogen and oxygen atoms in total. The van der Waals surface area contributed by atoms with Crippen LogP contribution in [0.2, 0.25) is 0 Å². The fraction of sp³-hybridized carbons (Fsp3) is 0.667. The highest BCUT2D eigenvalue weighted by molar-refractivity contribution is 5.91. The Morgan fingerprint density at radius 1 is 1.33 bits per heavy atom. The highest BCUT2D eigenvalue weighted by Gasteiger charge is 2.29. The fourth-order valence-electron chi connectivity index (χ4n) is 3.45. The number of likely N-dealkylation sites (tertiary alicyclic amines) is 1. The van der Waals surface area contributed by atoms with Crippen molar-refractivity contribution in [2.45, 2.75) is 38.1 Å². The summed E-state index contributed by atoms with van der Waals surface area (Å²) in [6.07, 6.45) is 9.06. The lowest BCUT2D eigenvalue weighted by Gasteiger charge is -2.23. The van der Waals surface area contributed by atoms with Gasteiger partial charge in [-0.05, 0) is 31.7 Å². The fourth-order valence-corrected chi connectivity index (χ4v) is 3.45. The van der Waals surface area contributed by atoms with E-state index >= 15 is 0 Å². The average molecular weight is 290 g/mol. The molecule has 21 heavy (non-hydrogen) atoms. The molecule has 0 bridgehead atoms. The van der Waals surface area contributed by atoms with Crippen LogP contribution < -0.4 is 10.9 Å². The molecule has 6 heteroatoms. The number of H-pyrrole nitrogens is 1. The van der Waals surface area contributed by atoms with Crippen molar-refractivity contribution in [1.29, 1.82) is 0 Å². The van der Waals surface area contributed by atoms with Crippen LogP contribution in [0.15, 0.2) is 17.2 Å². The van der Waals surface area contributed by atoms with Crippen LogP contribution >= 0.6 is 0 Å². The van der Waals surface area contributed by atoms with Crippen molar-refractivity contribution < 1.29 is 4.79 Å². The molecule has 2 fully saturated rings. The Morgan fingerprint density at radius 2 is 2.14 bits per heavy atom. The second-order valence-electron chi connectivity index (χ2n) is 6.11. The first-order valence-corrected chi connectivity index (χ1v) is 7.79. The van der Waals surface area contributed by atoms with Crippen molar-refractivity contribution in [2.24, 2.45) is 5.92 Å². The Bertz CT molecular complexity index is 551. The number of aromatic amines is 1. The molecular weight excluding hydrogens is 268 g/mol. The maximum absolute atomic E-state index is 12.0. The maximum Gasteiger partial charge on any atom is 0.269 e. The van der Waals surface area contributed by atoms with Crippen LogP contribution in [0.5, 0.6) is 0 Å². The van der Waals surface area contributed by atoms with Gasteiger partial charge in [-0.2, -0.15) is 0 Å². The summed E-state index contributed by atoms with van der Waals surface area (Å²) < 4.78 is 0. The first-order chi connectivity index (χ1) is 10.2. The van der Waals surface area contributed by atoms with Gasteiger partial charge in [-0.15, -0.1) is 0 Å². The summed E-state index contributed by atoms with van der Waals surface area (Å²) in [6, 6.07) is 0.764. The number of amides is 1. The lowest BCUT2D eigenvalue weighted by Crippen LogP contribution is -2.34. The van der Waals surface area contributed by atoms with E-state index in [2.05, 4.69) is 20.2 Å². The second-order valence-corrected chi connectivity index (χ2v) is 6.11. The summed E-state index contributed by atoms with van der Waals surface area (Å²) in [6.45, 7) is 2.89. The van der Waals surface area contributed by atoms with Crippen molar-refractivity contribution in [3.63, 3.8) is 0 Å². The summed E-state index contributed by atoms with van der Waals surface area (Å²) >= 11 is 0. The SMILES string of the molecule is O=C(NC[C@@H]1CCN(C2CCCC2)C1)c1cncc(=O)[nH]1. The zero-order chi connectivity index (χ0) is 14.7. The molecule has 1 aromatic heterocycles. The number of carbonyl (C=O) groups is 1. The minimum Gasteiger partial charge on any atom is -0.350 e. The molecule has 1 amide bonds. The van der Waals surface area contributed by atoms with Gasteiger partial charge in [0.1, 0.15) is 5.69 Å². The monoisotopic (exact) mass is 290 g/mol. The molecule has 0 spiro atoms. The molecule has 1 aliphatic heterocycles. The van der Waals surface area contributed by atoms with Gasteiger partial charge in [-0.25, -0.2) is 0 Å². The quantitative estimate of drug-likeness (QED) is 0.858. The Labute approximate surface area is 124 Å². The summed E-state index contributed by atoms with van der Waals surface area (Å²) in [7, 11) is 0. The van der Waals surface area contributed by atoms with E-state index in [1.54, 1.807) is 0 Å². The van der Waals surface area contributed by atoms with Crippen LogP contribution in [-0.4, -0.2) is 46.5 Å². The molecule has 114 valence electrons. The minimum atomic E-state index is -0.351. The Morgan fingerprint density at radius 3 is 2.90 bits per heavy atom. The Kier molecular flexibility index (Phi) is 4.34. The van der Waals surface area contributed by atoms with E-state index in [0.717, 1.165) is 31.7 Å². The summed E-state index contributed by atoms with van der Waals surface area (Å²) in [5, 5.41) is 2.90. The van der Waals surface area contributed by atoms with Crippen LogP contribution in [0.3, 0.4) is 0 Å². The van der Waals surface area contributed by atoms with Crippen molar-refractivity contribution in [3.05, 3.63) is 28.4 Å². The number of aromatic nitrogens is 2. The lowest BCUT2D eigenvalue weighted by atomic mass is 10.1. The Balaban J connectivity index is 1.47. The molecule has 0 unspecified atom stereocenters. The molecular formula is C15H22N4O2. The van der Waals surface area contributed by atoms with Gasteiger partial charge < -0.3 is 15.2 Å². The van der Waals surface area contributed by atoms with E-state index in [-0.39, 0.29) is 17.2 Å². The Hall–Kier alpha value is -1.69. The smallest absolute Gasteiger partial charge is 0.269 e. The average Bonchev–Trinajstić information content (AvgIpc) is 3.15. The van der Waals surface area contributed by atoms with Gasteiger partial charge >= 0.3 is 0 Å². The highest BCUT2D eigenvalue weighted by Crippen LogP contribution is 2.28. The number of hydrogen-bond acceptors (Lipinski definition) is 4. The zero-order valence-corrected chi connectivity index (χ0v) is 12.2. The van der Waals surface area contributed by atoms with E-state index in [1.165, 1.54) is 31.9 Å². The largest absolute Gasteiger partial charge is 0.350 e. The molecule has 2 aliphatic rings. The maximum atomic E-state index is 12.0. The van der Waals surface area contributed by atoms with Crippen LogP contribution in [0.4, 0.5) is 0 Å². The van der Waals surface area contributed by atoms with Crippen LogP contribution in [0.25, 0.3) is 0 Å². The molecule has 0 aromatic carbocycles. The molecule has 1 atom stereocenters. The first kappa shape index (κ1) is 14.3. The number of carbonyl (C=O) groups excluding carboxylic acids is 1. The molecule has 1 saturated heterocycles.